The number of ether oxygens (including phenoxy) is 1. The molecule has 0 saturated carbocycles. The summed E-state index contributed by atoms with van der Waals surface area (Å²) < 4.78 is 34.4. The quantitative estimate of drug-likeness (QED) is 0.437. The van der Waals surface area contributed by atoms with Gasteiger partial charge in [-0.15, -0.1) is 12.3 Å². The third-order valence-corrected chi connectivity index (χ3v) is 4.18. The van der Waals surface area contributed by atoms with E-state index in [2.05, 4.69) is 5.92 Å². The minimum Gasteiger partial charge on any atom is -0.463 e. The third-order valence-electron chi connectivity index (χ3n) is 2.80. The third kappa shape index (κ3) is 5.51. The highest BCUT2D eigenvalue weighted by atomic mass is 32.2. The Hall–Kier alpha value is -1.84. The van der Waals surface area contributed by atoms with Crippen LogP contribution in [0.5, 0.6) is 0 Å². The molecule has 0 unspecified atom stereocenters. The maximum absolute atomic E-state index is 12.2. The summed E-state index contributed by atoms with van der Waals surface area (Å²) in [6, 6.07) is 6.26. The number of hydrogen-bond acceptors (Lipinski definition) is 5. The topological polar surface area (TPSA) is 69.7 Å². The Morgan fingerprint density at radius 1 is 1.27 bits per heavy atom. The van der Waals surface area contributed by atoms with Gasteiger partial charge in [0.1, 0.15) is 12.7 Å². The lowest BCUT2D eigenvalue weighted by Gasteiger charge is -2.16. The summed E-state index contributed by atoms with van der Waals surface area (Å²) in [6.07, 6.45) is 4.33. The number of benzene rings is 1. The molecular formula is C16H20O5S. The molecule has 0 amide bonds. The van der Waals surface area contributed by atoms with Crippen LogP contribution >= 0.6 is 0 Å². The maximum atomic E-state index is 12.2. The van der Waals surface area contributed by atoms with Crippen molar-refractivity contribution >= 4 is 16.1 Å². The molecule has 0 bridgehead atoms. The molecule has 0 N–H and O–H groups in total. The Kier molecular flexibility index (Phi) is 6.60. The van der Waals surface area contributed by atoms with Crippen LogP contribution in [0.25, 0.3) is 0 Å². The van der Waals surface area contributed by atoms with Gasteiger partial charge in [-0.3, -0.25) is 8.98 Å². The average molecular weight is 324 g/mol. The van der Waals surface area contributed by atoms with Crippen molar-refractivity contribution in [3.63, 3.8) is 0 Å². The van der Waals surface area contributed by atoms with Crippen molar-refractivity contribution in [3.8, 4) is 12.3 Å². The van der Waals surface area contributed by atoms with Crippen LogP contribution in [0.2, 0.25) is 0 Å². The zero-order valence-electron chi connectivity index (χ0n) is 12.9. The average Bonchev–Trinajstić information content (AvgIpc) is 2.44. The molecule has 120 valence electrons. The number of esters is 1. The highest BCUT2D eigenvalue weighted by Gasteiger charge is 2.23. The number of aryl methyl sites for hydroxylation is 1. The van der Waals surface area contributed by atoms with Crippen LogP contribution in [0.1, 0.15) is 25.8 Å². The zero-order chi connectivity index (χ0) is 16.8. The minimum atomic E-state index is -3.95. The van der Waals surface area contributed by atoms with Gasteiger partial charge in [0.05, 0.1) is 10.8 Å². The Labute approximate surface area is 131 Å². The SMILES string of the molecule is C#CC[C@H](COC(=O)C(C)C)OS(=O)(=O)c1ccc(C)cc1. The molecule has 1 aromatic rings. The van der Waals surface area contributed by atoms with Crippen LogP contribution in [0, 0.1) is 25.2 Å². The molecule has 0 aliphatic heterocycles. The van der Waals surface area contributed by atoms with Crippen LogP contribution in [-0.2, 0) is 23.8 Å². The van der Waals surface area contributed by atoms with Gasteiger partial charge in [-0.05, 0) is 19.1 Å². The molecule has 1 rings (SSSR count). The lowest BCUT2D eigenvalue weighted by molar-refractivity contribution is -0.149. The van der Waals surface area contributed by atoms with Gasteiger partial charge in [0.15, 0.2) is 0 Å². The molecule has 0 aromatic heterocycles. The Morgan fingerprint density at radius 2 is 1.86 bits per heavy atom. The van der Waals surface area contributed by atoms with E-state index in [-0.39, 0.29) is 23.8 Å². The van der Waals surface area contributed by atoms with E-state index in [0.717, 1.165) is 5.56 Å². The fourth-order valence-corrected chi connectivity index (χ4v) is 2.60. The van der Waals surface area contributed by atoms with E-state index in [1.165, 1.54) is 12.1 Å². The van der Waals surface area contributed by atoms with Gasteiger partial charge in [0, 0.05) is 6.42 Å². The smallest absolute Gasteiger partial charge is 0.308 e. The van der Waals surface area contributed by atoms with Crippen LogP contribution < -0.4 is 0 Å². The molecule has 0 spiro atoms. The largest absolute Gasteiger partial charge is 0.463 e. The van der Waals surface area contributed by atoms with E-state index in [4.69, 9.17) is 15.3 Å². The molecule has 0 fully saturated rings. The number of carbonyl (C=O) groups excluding carboxylic acids is 1. The van der Waals surface area contributed by atoms with Gasteiger partial charge in [0.2, 0.25) is 0 Å². The summed E-state index contributed by atoms with van der Waals surface area (Å²) in [7, 11) is -3.95. The van der Waals surface area contributed by atoms with Crippen LogP contribution in [-0.4, -0.2) is 27.1 Å². The maximum Gasteiger partial charge on any atom is 0.308 e. The number of terminal acetylenes is 1. The Balaban J connectivity index is 2.79. The highest BCUT2D eigenvalue weighted by Crippen LogP contribution is 2.16. The molecule has 5 nitrogen and oxygen atoms in total. The summed E-state index contributed by atoms with van der Waals surface area (Å²) in [5, 5.41) is 0. The minimum absolute atomic E-state index is 0.0243. The second kappa shape index (κ2) is 7.97. The van der Waals surface area contributed by atoms with E-state index in [1.54, 1.807) is 26.0 Å². The summed E-state index contributed by atoms with van der Waals surface area (Å²) in [6.45, 7) is 5.01. The molecule has 0 saturated heterocycles. The van der Waals surface area contributed by atoms with E-state index >= 15 is 0 Å². The predicted molar refractivity (Wildman–Crippen MR) is 82.5 cm³/mol. The van der Waals surface area contributed by atoms with Crippen LogP contribution in [0.4, 0.5) is 0 Å². The van der Waals surface area contributed by atoms with Crippen molar-refractivity contribution in [1.82, 2.24) is 0 Å². The fraction of sp³-hybridized carbons (Fsp3) is 0.438. The monoisotopic (exact) mass is 324 g/mol. The fourth-order valence-electron chi connectivity index (χ4n) is 1.53. The van der Waals surface area contributed by atoms with Crippen molar-refractivity contribution in [2.24, 2.45) is 5.92 Å². The van der Waals surface area contributed by atoms with Gasteiger partial charge < -0.3 is 4.74 Å². The van der Waals surface area contributed by atoms with E-state index in [1.807, 2.05) is 6.92 Å². The van der Waals surface area contributed by atoms with Crippen molar-refractivity contribution in [1.29, 1.82) is 0 Å². The lowest BCUT2D eigenvalue weighted by atomic mass is 10.2. The highest BCUT2D eigenvalue weighted by molar-refractivity contribution is 7.86. The molecule has 0 aliphatic rings. The van der Waals surface area contributed by atoms with E-state index in [9.17, 15) is 13.2 Å². The second-order valence-corrected chi connectivity index (χ2v) is 6.75. The van der Waals surface area contributed by atoms with Crippen molar-refractivity contribution in [2.75, 3.05) is 6.61 Å². The molecule has 0 radical (unpaired) electrons. The first-order chi connectivity index (χ1) is 10.3. The molecule has 6 heteroatoms. The zero-order valence-corrected chi connectivity index (χ0v) is 13.7. The molecular weight excluding hydrogens is 304 g/mol. The number of carbonyl (C=O) groups is 1. The first-order valence-corrected chi connectivity index (χ1v) is 8.27. The molecule has 22 heavy (non-hydrogen) atoms. The predicted octanol–water partition coefficient (Wildman–Crippen LogP) is 2.29. The van der Waals surface area contributed by atoms with Gasteiger partial charge in [-0.1, -0.05) is 31.5 Å². The van der Waals surface area contributed by atoms with Crippen LogP contribution in [0.3, 0.4) is 0 Å². The van der Waals surface area contributed by atoms with E-state index < -0.39 is 22.2 Å². The molecule has 1 aromatic carbocycles. The summed E-state index contributed by atoms with van der Waals surface area (Å²) in [5.41, 5.74) is 0.935. The summed E-state index contributed by atoms with van der Waals surface area (Å²) in [4.78, 5) is 11.5. The number of rotatable bonds is 7. The first-order valence-electron chi connectivity index (χ1n) is 6.86. The lowest BCUT2D eigenvalue weighted by Crippen LogP contribution is -2.26. The second-order valence-electron chi connectivity index (χ2n) is 5.18. The van der Waals surface area contributed by atoms with Gasteiger partial charge in [0.25, 0.3) is 10.1 Å². The standard InChI is InChI=1S/C16H20O5S/c1-5-6-14(11-20-16(17)12(2)3)21-22(18,19)15-9-7-13(4)8-10-15/h1,7-10,12,14H,6,11H2,2-4H3/t14-/m1/s1. The molecule has 0 aliphatic carbocycles. The van der Waals surface area contributed by atoms with Crippen molar-refractivity contribution in [3.05, 3.63) is 29.8 Å². The van der Waals surface area contributed by atoms with Gasteiger partial charge in [-0.2, -0.15) is 8.42 Å². The van der Waals surface area contributed by atoms with Crippen LogP contribution in [0.15, 0.2) is 29.2 Å². The Bertz CT molecular complexity index is 638. The van der Waals surface area contributed by atoms with E-state index in [0.29, 0.717) is 0 Å². The summed E-state index contributed by atoms with van der Waals surface area (Å²) in [5.74, 6) is 1.59. The van der Waals surface area contributed by atoms with Crippen molar-refractivity contribution in [2.45, 2.75) is 38.2 Å². The van der Waals surface area contributed by atoms with Gasteiger partial charge >= 0.3 is 5.97 Å². The molecule has 0 heterocycles. The molecule has 1 atom stereocenters. The number of hydrogen-bond donors (Lipinski definition) is 0. The van der Waals surface area contributed by atoms with Gasteiger partial charge in [-0.25, -0.2) is 0 Å². The normalized spacial score (nSPS) is 12.7. The first kappa shape index (κ1) is 18.2. The Morgan fingerprint density at radius 3 is 2.36 bits per heavy atom. The summed E-state index contributed by atoms with van der Waals surface area (Å²) >= 11 is 0. The van der Waals surface area contributed by atoms with Crippen molar-refractivity contribution < 1.29 is 22.1 Å².